The molecule has 1 unspecified atom stereocenters. The Morgan fingerprint density at radius 1 is 1.39 bits per heavy atom. The number of nitrogen functional groups attached to an aromatic ring is 1. The maximum absolute atomic E-state index is 12.8. The quantitative estimate of drug-likeness (QED) is 0.558. The second kappa shape index (κ2) is 8.55. The van der Waals surface area contributed by atoms with Crippen molar-refractivity contribution >= 4 is 19.4 Å². The molecule has 28 heavy (non-hydrogen) atoms. The van der Waals surface area contributed by atoms with Gasteiger partial charge in [0.25, 0.3) is 0 Å². The van der Waals surface area contributed by atoms with Crippen molar-refractivity contribution in [2.45, 2.75) is 19.6 Å². The molecule has 10 nitrogen and oxygen atoms in total. The van der Waals surface area contributed by atoms with Crippen molar-refractivity contribution in [2.75, 3.05) is 25.3 Å². The van der Waals surface area contributed by atoms with Gasteiger partial charge in [-0.15, -0.1) is 0 Å². The molecule has 1 aliphatic rings. The summed E-state index contributed by atoms with van der Waals surface area (Å²) in [7, 11) is -3.64. The van der Waals surface area contributed by atoms with E-state index in [4.69, 9.17) is 24.3 Å². The van der Waals surface area contributed by atoms with Crippen LogP contribution < -0.4 is 15.9 Å². The zero-order chi connectivity index (χ0) is 20.1. The fraction of sp³-hybridized carbons (Fsp3) is 0.353. The Morgan fingerprint density at radius 2 is 2.18 bits per heavy atom. The summed E-state index contributed by atoms with van der Waals surface area (Å²) in [5.41, 5.74) is 5.08. The molecule has 1 saturated heterocycles. The third-order valence-electron chi connectivity index (χ3n) is 3.84. The van der Waals surface area contributed by atoms with Crippen LogP contribution in [0.2, 0.25) is 0 Å². The number of hydrogen-bond donors (Lipinski definition) is 1. The number of para-hydroxylation sites is 1. The molecule has 2 N–H and O–H groups in total. The minimum absolute atomic E-state index is 0.0599. The average Bonchev–Trinajstić information content (AvgIpc) is 2.66. The van der Waals surface area contributed by atoms with Gasteiger partial charge >= 0.3 is 19.3 Å². The van der Waals surface area contributed by atoms with Crippen molar-refractivity contribution < 1.29 is 27.9 Å². The van der Waals surface area contributed by atoms with Crippen molar-refractivity contribution in [1.82, 2.24) is 9.55 Å². The van der Waals surface area contributed by atoms with Crippen LogP contribution in [0, 0.1) is 0 Å². The SMILES string of the molecule is CCOC(=O)c1ccccc1OP1(=O)CO[C@@H](Cn2ccc(N)nc2=O)CO1. The number of hydrogen-bond acceptors (Lipinski definition) is 9. The number of carbonyl (C=O) groups excluding carboxylic acids is 1. The number of nitrogens with zero attached hydrogens (tertiary/aromatic N) is 2. The number of rotatable bonds is 6. The molecule has 2 heterocycles. The van der Waals surface area contributed by atoms with Crippen LogP contribution in [0.25, 0.3) is 0 Å². The number of carbonyl (C=O) groups is 1. The first-order valence-electron chi connectivity index (χ1n) is 8.54. The van der Waals surface area contributed by atoms with Gasteiger partial charge in [-0.2, -0.15) is 4.98 Å². The minimum Gasteiger partial charge on any atom is -0.462 e. The molecule has 11 heteroatoms. The van der Waals surface area contributed by atoms with E-state index in [1.807, 2.05) is 0 Å². The average molecular weight is 409 g/mol. The van der Waals surface area contributed by atoms with E-state index in [1.54, 1.807) is 19.1 Å². The first kappa shape index (κ1) is 20.1. The molecular weight excluding hydrogens is 389 g/mol. The topological polar surface area (TPSA) is 132 Å². The Kier molecular flexibility index (Phi) is 6.13. The molecule has 0 spiro atoms. The summed E-state index contributed by atoms with van der Waals surface area (Å²) in [5.74, 6) is -0.374. The Bertz CT molecular complexity index is 950. The highest BCUT2D eigenvalue weighted by molar-refractivity contribution is 7.54. The molecule has 0 saturated carbocycles. The lowest BCUT2D eigenvalue weighted by Crippen LogP contribution is -2.35. The van der Waals surface area contributed by atoms with E-state index in [2.05, 4.69) is 4.98 Å². The number of aromatic nitrogens is 2. The fourth-order valence-electron chi connectivity index (χ4n) is 2.51. The van der Waals surface area contributed by atoms with E-state index in [-0.39, 0.29) is 43.2 Å². The van der Waals surface area contributed by atoms with Gasteiger partial charge in [0.15, 0.2) is 6.35 Å². The summed E-state index contributed by atoms with van der Waals surface area (Å²) in [6.07, 6.45) is 0.648. The fourth-order valence-corrected chi connectivity index (χ4v) is 3.94. The maximum atomic E-state index is 12.8. The van der Waals surface area contributed by atoms with Crippen LogP contribution in [0.4, 0.5) is 5.82 Å². The van der Waals surface area contributed by atoms with E-state index in [9.17, 15) is 14.2 Å². The second-order valence-electron chi connectivity index (χ2n) is 5.92. The van der Waals surface area contributed by atoms with Gasteiger partial charge in [0, 0.05) is 6.20 Å². The lowest BCUT2D eigenvalue weighted by Gasteiger charge is -2.29. The van der Waals surface area contributed by atoms with E-state index in [0.717, 1.165) is 0 Å². The molecule has 1 aromatic heterocycles. The third-order valence-corrected chi connectivity index (χ3v) is 5.32. The van der Waals surface area contributed by atoms with Gasteiger partial charge in [0.1, 0.15) is 23.2 Å². The van der Waals surface area contributed by atoms with Gasteiger partial charge in [0.05, 0.1) is 19.8 Å². The Morgan fingerprint density at radius 3 is 2.86 bits per heavy atom. The largest absolute Gasteiger partial charge is 0.462 e. The van der Waals surface area contributed by atoms with Crippen LogP contribution >= 0.6 is 7.60 Å². The molecule has 0 aliphatic carbocycles. The van der Waals surface area contributed by atoms with Crippen molar-refractivity contribution in [3.05, 3.63) is 52.6 Å². The highest BCUT2D eigenvalue weighted by Gasteiger charge is 2.36. The Labute approximate surface area is 160 Å². The molecule has 0 amide bonds. The van der Waals surface area contributed by atoms with Crippen molar-refractivity contribution in [3.8, 4) is 5.75 Å². The van der Waals surface area contributed by atoms with Crippen molar-refractivity contribution in [2.24, 2.45) is 0 Å². The molecule has 2 atom stereocenters. The van der Waals surface area contributed by atoms with Crippen LogP contribution in [0.5, 0.6) is 5.75 Å². The van der Waals surface area contributed by atoms with E-state index in [1.165, 1.54) is 29.0 Å². The van der Waals surface area contributed by atoms with Gasteiger partial charge < -0.3 is 19.7 Å². The molecule has 150 valence electrons. The summed E-state index contributed by atoms with van der Waals surface area (Å²) >= 11 is 0. The Balaban J connectivity index is 1.65. The van der Waals surface area contributed by atoms with Crippen molar-refractivity contribution in [3.63, 3.8) is 0 Å². The van der Waals surface area contributed by atoms with Gasteiger partial charge in [0.2, 0.25) is 0 Å². The molecule has 1 fully saturated rings. The Hall–Kier alpha value is -2.68. The van der Waals surface area contributed by atoms with E-state index < -0.39 is 25.4 Å². The third kappa shape index (κ3) is 4.78. The summed E-state index contributed by atoms with van der Waals surface area (Å²) < 4.78 is 35.6. The molecule has 1 aliphatic heterocycles. The summed E-state index contributed by atoms with van der Waals surface area (Å²) in [6.45, 7) is 1.98. The van der Waals surface area contributed by atoms with E-state index in [0.29, 0.717) is 0 Å². The zero-order valence-electron chi connectivity index (χ0n) is 15.1. The predicted molar refractivity (Wildman–Crippen MR) is 99.2 cm³/mol. The first-order valence-corrected chi connectivity index (χ1v) is 10.3. The zero-order valence-corrected chi connectivity index (χ0v) is 16.0. The number of benzene rings is 1. The number of nitrogens with two attached hydrogens (primary N) is 1. The molecule has 0 bridgehead atoms. The summed E-state index contributed by atoms with van der Waals surface area (Å²) in [6, 6.07) is 7.78. The standard InChI is InChI=1S/C17H20N3O7P/c1-2-24-16(21)13-5-3-4-6-14(13)27-28(23)11-25-12(10-26-28)9-20-8-7-15(18)19-17(20)22/h3-8,12H,2,9-11H2,1H3,(H2,18,19,22)/t12-,28?/m0/s1. The number of anilines is 1. The molecular formula is C17H20N3O7P. The molecule has 3 rings (SSSR count). The van der Waals surface area contributed by atoms with Crippen LogP contribution in [0.1, 0.15) is 17.3 Å². The van der Waals surface area contributed by atoms with E-state index >= 15 is 0 Å². The smallest absolute Gasteiger partial charge is 0.404 e. The van der Waals surface area contributed by atoms with Crippen LogP contribution in [0.15, 0.2) is 41.3 Å². The lowest BCUT2D eigenvalue weighted by molar-refractivity contribution is -0.00714. The summed E-state index contributed by atoms with van der Waals surface area (Å²) in [4.78, 5) is 27.4. The van der Waals surface area contributed by atoms with Gasteiger partial charge in [-0.1, -0.05) is 12.1 Å². The summed E-state index contributed by atoms with van der Waals surface area (Å²) in [5, 5.41) is 0. The molecule has 1 aromatic carbocycles. The number of esters is 1. The van der Waals surface area contributed by atoms with Gasteiger partial charge in [-0.05, 0) is 25.1 Å². The van der Waals surface area contributed by atoms with Gasteiger partial charge in [-0.3, -0.25) is 9.09 Å². The minimum atomic E-state index is -3.64. The highest BCUT2D eigenvalue weighted by Crippen LogP contribution is 2.51. The highest BCUT2D eigenvalue weighted by atomic mass is 31.2. The van der Waals surface area contributed by atoms with Crippen LogP contribution in [0.3, 0.4) is 0 Å². The number of ether oxygens (including phenoxy) is 2. The lowest BCUT2D eigenvalue weighted by atomic mass is 10.2. The monoisotopic (exact) mass is 409 g/mol. The first-order chi connectivity index (χ1) is 13.4. The maximum Gasteiger partial charge on any atom is 0.404 e. The van der Waals surface area contributed by atoms with Crippen LogP contribution in [-0.2, 0) is 25.1 Å². The van der Waals surface area contributed by atoms with Gasteiger partial charge in [-0.25, -0.2) is 14.2 Å². The predicted octanol–water partition coefficient (Wildman–Crippen LogP) is 1.65. The normalized spacial score (nSPS) is 21.8. The van der Waals surface area contributed by atoms with Crippen molar-refractivity contribution in [1.29, 1.82) is 0 Å². The molecule has 0 radical (unpaired) electrons. The second-order valence-corrected chi connectivity index (χ2v) is 7.84. The molecule has 2 aromatic rings. The van der Waals surface area contributed by atoms with Crippen LogP contribution in [-0.4, -0.2) is 41.2 Å².